The Labute approximate surface area is 53.2 Å². The Hall–Kier alpha value is -0.810. The maximum Gasteiger partial charge on any atom is 0.185 e. The average Bonchev–Trinajstić information content (AvgIpc) is 1.80. The number of aliphatic imine (C=N–C) groups is 1. The van der Waals surface area contributed by atoms with Crippen molar-refractivity contribution in [3.05, 3.63) is 0 Å². The molecule has 0 radical (unpaired) electrons. The van der Waals surface area contributed by atoms with Gasteiger partial charge in [0, 0.05) is 6.54 Å². The summed E-state index contributed by atoms with van der Waals surface area (Å²) in [5, 5.41) is 7.82. The van der Waals surface area contributed by atoms with Gasteiger partial charge in [0.2, 0.25) is 0 Å². The van der Waals surface area contributed by atoms with Crippen molar-refractivity contribution in [1.29, 1.82) is 0 Å². The molecule has 0 aliphatic carbocycles. The average molecular weight is 133 g/mol. The van der Waals surface area contributed by atoms with Gasteiger partial charge in [0.25, 0.3) is 0 Å². The van der Waals surface area contributed by atoms with Gasteiger partial charge in [0.05, 0.1) is 6.61 Å². The SMILES string of the molecule is NC(N)=NCCCOO. The summed E-state index contributed by atoms with van der Waals surface area (Å²) in [4.78, 5) is 7.42. The zero-order chi connectivity index (χ0) is 7.11. The monoisotopic (exact) mass is 133 g/mol. The minimum Gasteiger partial charge on any atom is -0.370 e. The third-order valence-corrected chi connectivity index (χ3v) is 0.688. The Kier molecular flexibility index (Phi) is 4.85. The topological polar surface area (TPSA) is 93.9 Å². The molecule has 0 aromatic carbocycles. The summed E-state index contributed by atoms with van der Waals surface area (Å²) in [7, 11) is 0. The molecule has 0 atom stereocenters. The third-order valence-electron chi connectivity index (χ3n) is 0.688. The maximum atomic E-state index is 7.82. The highest BCUT2D eigenvalue weighted by atomic mass is 17.1. The van der Waals surface area contributed by atoms with Crippen molar-refractivity contribution >= 4 is 5.96 Å². The van der Waals surface area contributed by atoms with Crippen LogP contribution < -0.4 is 11.5 Å². The van der Waals surface area contributed by atoms with Crippen LogP contribution in [0, 0.1) is 0 Å². The van der Waals surface area contributed by atoms with Crippen molar-refractivity contribution in [3.8, 4) is 0 Å². The van der Waals surface area contributed by atoms with Gasteiger partial charge >= 0.3 is 0 Å². The largest absolute Gasteiger partial charge is 0.370 e. The first-order valence-electron chi connectivity index (χ1n) is 2.59. The fourth-order valence-corrected chi connectivity index (χ4v) is 0.337. The van der Waals surface area contributed by atoms with Gasteiger partial charge in [0.1, 0.15) is 0 Å². The van der Waals surface area contributed by atoms with Crippen LogP contribution in [0.2, 0.25) is 0 Å². The molecule has 0 spiro atoms. The lowest BCUT2D eigenvalue weighted by Gasteiger charge is -1.92. The summed E-state index contributed by atoms with van der Waals surface area (Å²) in [5.41, 5.74) is 10.00. The van der Waals surface area contributed by atoms with Crippen LogP contribution >= 0.6 is 0 Å². The van der Waals surface area contributed by atoms with Crippen LogP contribution in [0.25, 0.3) is 0 Å². The summed E-state index contributed by atoms with van der Waals surface area (Å²) in [6.07, 6.45) is 0.619. The lowest BCUT2D eigenvalue weighted by Crippen LogP contribution is -2.23. The van der Waals surface area contributed by atoms with Crippen molar-refractivity contribution in [2.24, 2.45) is 16.5 Å². The van der Waals surface area contributed by atoms with Gasteiger partial charge < -0.3 is 11.5 Å². The first-order valence-corrected chi connectivity index (χ1v) is 2.59. The van der Waals surface area contributed by atoms with E-state index in [0.717, 1.165) is 0 Å². The Bertz CT molecular complexity index is 89.8. The van der Waals surface area contributed by atoms with Crippen molar-refractivity contribution in [3.63, 3.8) is 0 Å². The zero-order valence-corrected chi connectivity index (χ0v) is 5.08. The molecule has 0 heterocycles. The lowest BCUT2D eigenvalue weighted by molar-refractivity contribution is -0.242. The van der Waals surface area contributed by atoms with Crippen LogP contribution in [0.4, 0.5) is 0 Å². The summed E-state index contributed by atoms with van der Waals surface area (Å²) >= 11 is 0. The van der Waals surface area contributed by atoms with E-state index in [0.29, 0.717) is 13.0 Å². The number of nitrogens with two attached hydrogens (primary N) is 2. The highest BCUT2D eigenvalue weighted by Gasteiger charge is 1.83. The third kappa shape index (κ3) is 7.19. The van der Waals surface area contributed by atoms with Crippen molar-refractivity contribution < 1.29 is 10.1 Å². The molecule has 0 aliphatic rings. The predicted molar refractivity (Wildman–Crippen MR) is 33.9 cm³/mol. The van der Waals surface area contributed by atoms with E-state index in [1.54, 1.807) is 0 Å². The van der Waals surface area contributed by atoms with Gasteiger partial charge in [-0.25, -0.2) is 4.89 Å². The van der Waals surface area contributed by atoms with Gasteiger partial charge in [-0.2, -0.15) is 0 Å². The predicted octanol–water partition coefficient (Wildman–Crippen LogP) is -0.861. The quantitative estimate of drug-likeness (QED) is 0.153. The number of hydrogen-bond acceptors (Lipinski definition) is 3. The normalized spacial score (nSPS) is 9.00. The Morgan fingerprint density at radius 2 is 2.22 bits per heavy atom. The molecule has 0 rings (SSSR count). The minimum atomic E-state index is 0.0629. The summed E-state index contributed by atoms with van der Waals surface area (Å²) in [5.74, 6) is 0.0629. The number of guanidine groups is 1. The van der Waals surface area contributed by atoms with Crippen LogP contribution in [0.15, 0.2) is 4.99 Å². The van der Waals surface area contributed by atoms with Crippen LogP contribution in [0.3, 0.4) is 0 Å². The molecule has 0 amide bonds. The van der Waals surface area contributed by atoms with Crippen molar-refractivity contribution in [2.75, 3.05) is 13.2 Å². The van der Waals surface area contributed by atoms with E-state index < -0.39 is 0 Å². The fourth-order valence-electron chi connectivity index (χ4n) is 0.337. The molecule has 0 aromatic heterocycles. The molecule has 0 bridgehead atoms. The van der Waals surface area contributed by atoms with Gasteiger partial charge in [-0.05, 0) is 6.42 Å². The van der Waals surface area contributed by atoms with Gasteiger partial charge in [-0.3, -0.25) is 10.2 Å². The van der Waals surface area contributed by atoms with Crippen LogP contribution in [0.1, 0.15) is 6.42 Å². The number of hydrogen-bond donors (Lipinski definition) is 3. The molecule has 5 N–H and O–H groups in total. The van der Waals surface area contributed by atoms with E-state index >= 15 is 0 Å². The summed E-state index contributed by atoms with van der Waals surface area (Å²) in [6, 6.07) is 0. The second kappa shape index (κ2) is 5.33. The zero-order valence-electron chi connectivity index (χ0n) is 5.08. The standard InChI is InChI=1S/C4H11N3O2/c5-4(6)7-2-1-3-9-8/h8H,1-3H2,(H4,5,6,7). The lowest BCUT2D eigenvalue weighted by atomic mass is 10.5. The first-order chi connectivity index (χ1) is 4.27. The molecule has 0 fully saturated rings. The van der Waals surface area contributed by atoms with Gasteiger partial charge in [0.15, 0.2) is 5.96 Å². The van der Waals surface area contributed by atoms with Crippen molar-refractivity contribution in [2.45, 2.75) is 6.42 Å². The van der Waals surface area contributed by atoms with E-state index in [-0.39, 0.29) is 12.6 Å². The van der Waals surface area contributed by atoms with E-state index in [1.165, 1.54) is 0 Å². The molecule has 0 saturated heterocycles. The van der Waals surface area contributed by atoms with Crippen LogP contribution in [-0.2, 0) is 4.89 Å². The molecular formula is C4H11N3O2. The Balaban J connectivity index is 3.00. The molecular weight excluding hydrogens is 122 g/mol. The van der Waals surface area contributed by atoms with Crippen LogP contribution in [-0.4, -0.2) is 24.4 Å². The first kappa shape index (κ1) is 8.19. The second-order valence-corrected chi connectivity index (χ2v) is 1.49. The molecule has 0 aliphatic heterocycles. The van der Waals surface area contributed by atoms with E-state index in [1.807, 2.05) is 0 Å². The van der Waals surface area contributed by atoms with E-state index in [2.05, 4.69) is 9.88 Å². The maximum absolute atomic E-state index is 7.82. The highest BCUT2D eigenvalue weighted by molar-refractivity contribution is 5.75. The number of nitrogens with zero attached hydrogens (tertiary/aromatic N) is 1. The Morgan fingerprint density at radius 1 is 1.56 bits per heavy atom. The molecule has 0 saturated carbocycles. The summed E-state index contributed by atoms with van der Waals surface area (Å²) < 4.78 is 0. The highest BCUT2D eigenvalue weighted by Crippen LogP contribution is 1.79. The Morgan fingerprint density at radius 3 is 2.67 bits per heavy atom. The molecule has 0 unspecified atom stereocenters. The molecule has 5 nitrogen and oxygen atoms in total. The molecule has 9 heavy (non-hydrogen) atoms. The van der Waals surface area contributed by atoms with Crippen molar-refractivity contribution in [1.82, 2.24) is 0 Å². The second-order valence-electron chi connectivity index (χ2n) is 1.49. The number of rotatable bonds is 4. The van der Waals surface area contributed by atoms with E-state index in [4.69, 9.17) is 16.7 Å². The molecule has 0 aromatic rings. The minimum absolute atomic E-state index is 0.0629. The molecule has 54 valence electrons. The van der Waals surface area contributed by atoms with Gasteiger partial charge in [-0.1, -0.05) is 0 Å². The summed E-state index contributed by atoms with van der Waals surface area (Å²) in [6.45, 7) is 0.750. The smallest absolute Gasteiger partial charge is 0.185 e. The fraction of sp³-hybridized carbons (Fsp3) is 0.750. The van der Waals surface area contributed by atoms with E-state index in [9.17, 15) is 0 Å². The molecule has 5 heteroatoms. The van der Waals surface area contributed by atoms with Crippen LogP contribution in [0.5, 0.6) is 0 Å². The van der Waals surface area contributed by atoms with Gasteiger partial charge in [-0.15, -0.1) is 0 Å².